The van der Waals surface area contributed by atoms with Gasteiger partial charge in [0.25, 0.3) is 0 Å². The van der Waals surface area contributed by atoms with E-state index in [4.69, 9.17) is 4.42 Å². The van der Waals surface area contributed by atoms with Crippen molar-refractivity contribution < 1.29 is 9.21 Å². The molecule has 0 spiro atoms. The molecule has 0 saturated carbocycles. The second-order valence-corrected chi connectivity index (χ2v) is 6.26. The van der Waals surface area contributed by atoms with Gasteiger partial charge in [0, 0.05) is 22.1 Å². The fraction of sp³-hybridized carbons (Fsp3) is 0.0870. The zero-order chi connectivity index (χ0) is 17.4. The van der Waals surface area contributed by atoms with Crippen LogP contribution < -0.4 is 0 Å². The van der Waals surface area contributed by atoms with Gasteiger partial charge in [-0.3, -0.25) is 4.79 Å². The van der Waals surface area contributed by atoms with Crippen LogP contribution in [-0.4, -0.2) is 5.78 Å². The average Bonchev–Trinajstić information content (AvgIpc) is 3.00. The number of hydrogen-bond donors (Lipinski definition) is 0. The monoisotopic (exact) mass is 326 g/mol. The van der Waals surface area contributed by atoms with Gasteiger partial charge < -0.3 is 4.42 Å². The van der Waals surface area contributed by atoms with Crippen LogP contribution in [-0.2, 0) is 0 Å². The van der Waals surface area contributed by atoms with Crippen LogP contribution in [0.4, 0.5) is 0 Å². The van der Waals surface area contributed by atoms with Crippen LogP contribution >= 0.6 is 0 Å². The van der Waals surface area contributed by atoms with E-state index < -0.39 is 0 Å². The number of fused-ring (bicyclic) bond motifs is 1. The Balaban J connectivity index is 2.08. The van der Waals surface area contributed by atoms with E-state index in [1.54, 1.807) is 6.92 Å². The Morgan fingerprint density at radius 2 is 1.44 bits per heavy atom. The highest BCUT2D eigenvalue weighted by atomic mass is 16.3. The molecule has 0 aliphatic heterocycles. The molecule has 3 aromatic carbocycles. The van der Waals surface area contributed by atoms with Crippen LogP contribution in [0.5, 0.6) is 0 Å². The predicted molar refractivity (Wildman–Crippen MR) is 102 cm³/mol. The molecule has 4 rings (SSSR count). The van der Waals surface area contributed by atoms with Gasteiger partial charge in [0.2, 0.25) is 0 Å². The fourth-order valence-corrected chi connectivity index (χ4v) is 3.31. The zero-order valence-corrected chi connectivity index (χ0v) is 14.2. The second kappa shape index (κ2) is 6.06. The number of hydrogen-bond acceptors (Lipinski definition) is 2. The number of aryl methyl sites for hydroxylation is 1. The number of carbonyl (C=O) groups is 1. The quantitative estimate of drug-likeness (QED) is 0.415. The minimum absolute atomic E-state index is 0.0540. The minimum Gasteiger partial charge on any atom is -0.455 e. The number of rotatable bonds is 3. The maximum Gasteiger partial charge on any atom is 0.160 e. The van der Waals surface area contributed by atoms with Gasteiger partial charge in [-0.15, -0.1) is 0 Å². The predicted octanol–water partition coefficient (Wildman–Crippen LogP) is 6.28. The van der Waals surface area contributed by atoms with Crippen LogP contribution in [0, 0.1) is 6.92 Å². The molecule has 0 unspecified atom stereocenters. The zero-order valence-electron chi connectivity index (χ0n) is 14.2. The summed E-state index contributed by atoms with van der Waals surface area (Å²) in [5.74, 6) is 0.889. The van der Waals surface area contributed by atoms with E-state index in [-0.39, 0.29) is 5.78 Å². The molecule has 1 heterocycles. The number of ketones is 1. The molecule has 0 fully saturated rings. The Kier molecular flexibility index (Phi) is 3.73. The largest absolute Gasteiger partial charge is 0.455 e. The van der Waals surface area contributed by atoms with E-state index in [9.17, 15) is 4.79 Å². The van der Waals surface area contributed by atoms with Gasteiger partial charge in [0.15, 0.2) is 5.78 Å². The molecule has 2 heteroatoms. The van der Waals surface area contributed by atoms with Crippen molar-refractivity contribution in [1.82, 2.24) is 0 Å². The topological polar surface area (TPSA) is 30.2 Å². The molecule has 0 radical (unpaired) electrons. The number of carbonyl (C=O) groups excluding carboxylic acids is 1. The lowest BCUT2D eigenvalue weighted by atomic mass is 9.96. The molecule has 0 N–H and O–H groups in total. The van der Waals surface area contributed by atoms with Crippen molar-refractivity contribution in [3.05, 3.63) is 83.9 Å². The Bertz CT molecular complexity index is 1060. The first-order valence-corrected chi connectivity index (χ1v) is 8.34. The van der Waals surface area contributed by atoms with Crippen LogP contribution in [0.3, 0.4) is 0 Å². The fourth-order valence-electron chi connectivity index (χ4n) is 3.31. The molecule has 0 amide bonds. The third kappa shape index (κ3) is 2.66. The lowest BCUT2D eigenvalue weighted by Gasteiger charge is -2.05. The van der Waals surface area contributed by atoms with Gasteiger partial charge in [-0.1, -0.05) is 60.7 Å². The van der Waals surface area contributed by atoms with Crippen molar-refractivity contribution in [2.75, 3.05) is 0 Å². The lowest BCUT2D eigenvalue weighted by molar-refractivity contribution is 0.101. The molecule has 0 aliphatic carbocycles. The van der Waals surface area contributed by atoms with Gasteiger partial charge in [0.1, 0.15) is 11.3 Å². The van der Waals surface area contributed by atoms with Gasteiger partial charge >= 0.3 is 0 Å². The third-order valence-corrected chi connectivity index (χ3v) is 4.51. The Labute approximate surface area is 146 Å². The molecule has 0 bridgehead atoms. The van der Waals surface area contributed by atoms with Gasteiger partial charge in [0.05, 0.1) is 0 Å². The third-order valence-electron chi connectivity index (χ3n) is 4.51. The molecule has 1 aromatic heterocycles. The summed E-state index contributed by atoms with van der Waals surface area (Å²) in [7, 11) is 0. The van der Waals surface area contributed by atoms with Crippen molar-refractivity contribution in [3.8, 4) is 22.5 Å². The Hall–Kier alpha value is -3.13. The van der Waals surface area contributed by atoms with Gasteiger partial charge in [-0.2, -0.15) is 0 Å². The standard InChI is InChI=1S/C23H18O2/c1-15-13-20-21(14-19(15)16(2)24)25-23(18-11-7-4-8-12-18)22(20)17-9-5-3-6-10-17/h3-14H,1-2H3. The van der Waals surface area contributed by atoms with Crippen LogP contribution in [0.2, 0.25) is 0 Å². The molecule has 2 nitrogen and oxygen atoms in total. The highest BCUT2D eigenvalue weighted by Gasteiger charge is 2.19. The Morgan fingerprint density at radius 1 is 0.840 bits per heavy atom. The van der Waals surface area contributed by atoms with Gasteiger partial charge in [-0.05, 0) is 37.1 Å². The molecule has 122 valence electrons. The smallest absolute Gasteiger partial charge is 0.160 e. The summed E-state index contributed by atoms with van der Waals surface area (Å²) >= 11 is 0. The summed E-state index contributed by atoms with van der Waals surface area (Å²) in [5.41, 5.74) is 5.63. The van der Waals surface area contributed by atoms with E-state index >= 15 is 0 Å². The van der Waals surface area contributed by atoms with Gasteiger partial charge in [-0.25, -0.2) is 0 Å². The first-order valence-electron chi connectivity index (χ1n) is 8.34. The molecule has 4 aromatic rings. The van der Waals surface area contributed by atoms with E-state index in [0.29, 0.717) is 5.56 Å². The number of Topliss-reactive ketones (excluding diaryl/α,β-unsaturated/α-hetero) is 1. The first kappa shape index (κ1) is 15.4. The molecule has 0 aliphatic rings. The van der Waals surface area contributed by atoms with E-state index in [2.05, 4.69) is 18.2 Å². The van der Waals surface area contributed by atoms with E-state index in [1.807, 2.05) is 61.5 Å². The summed E-state index contributed by atoms with van der Waals surface area (Å²) in [4.78, 5) is 11.9. The highest BCUT2D eigenvalue weighted by Crippen LogP contribution is 2.41. The summed E-state index contributed by atoms with van der Waals surface area (Å²) in [6.07, 6.45) is 0. The Morgan fingerprint density at radius 3 is 2.04 bits per heavy atom. The maximum atomic E-state index is 11.9. The summed E-state index contributed by atoms with van der Waals surface area (Å²) in [5, 5.41) is 1.03. The second-order valence-electron chi connectivity index (χ2n) is 6.26. The highest BCUT2D eigenvalue weighted by molar-refractivity contribution is 6.06. The molecule has 0 saturated heterocycles. The van der Waals surface area contributed by atoms with Crippen LogP contribution in [0.1, 0.15) is 22.8 Å². The van der Waals surface area contributed by atoms with Crippen molar-refractivity contribution in [2.24, 2.45) is 0 Å². The van der Waals surface area contributed by atoms with Crippen molar-refractivity contribution in [2.45, 2.75) is 13.8 Å². The molecule has 0 atom stereocenters. The summed E-state index contributed by atoms with van der Waals surface area (Å²) < 4.78 is 6.23. The minimum atomic E-state index is 0.0540. The maximum absolute atomic E-state index is 11.9. The van der Waals surface area contributed by atoms with Crippen LogP contribution in [0.25, 0.3) is 33.4 Å². The first-order chi connectivity index (χ1) is 12.1. The van der Waals surface area contributed by atoms with E-state index in [0.717, 1.165) is 39.0 Å². The average molecular weight is 326 g/mol. The van der Waals surface area contributed by atoms with E-state index in [1.165, 1.54) is 0 Å². The SMILES string of the molecule is CC(=O)c1cc2oc(-c3ccccc3)c(-c3ccccc3)c2cc1C. The van der Waals surface area contributed by atoms with Crippen molar-refractivity contribution in [3.63, 3.8) is 0 Å². The molecular formula is C23H18O2. The van der Waals surface area contributed by atoms with Crippen molar-refractivity contribution in [1.29, 1.82) is 0 Å². The number of furan rings is 1. The van der Waals surface area contributed by atoms with Crippen LogP contribution in [0.15, 0.2) is 77.2 Å². The molecular weight excluding hydrogens is 308 g/mol. The van der Waals surface area contributed by atoms with Crippen molar-refractivity contribution >= 4 is 16.8 Å². The molecule has 25 heavy (non-hydrogen) atoms. The summed E-state index contributed by atoms with van der Waals surface area (Å²) in [6.45, 7) is 3.56. The lowest BCUT2D eigenvalue weighted by Crippen LogP contribution is -1.95. The summed E-state index contributed by atoms with van der Waals surface area (Å²) in [6, 6.07) is 24.3. The normalized spacial score (nSPS) is 11.0. The number of benzene rings is 3.